The lowest BCUT2D eigenvalue weighted by Gasteiger charge is -2.37. The van der Waals surface area contributed by atoms with Gasteiger partial charge in [0.15, 0.2) is 0 Å². The highest BCUT2D eigenvalue weighted by atomic mass is 32.1. The summed E-state index contributed by atoms with van der Waals surface area (Å²) in [6.07, 6.45) is 2.48. The molecule has 1 aromatic carbocycles. The summed E-state index contributed by atoms with van der Waals surface area (Å²) in [6.45, 7) is 15.8. The van der Waals surface area contributed by atoms with Crippen molar-refractivity contribution in [3.63, 3.8) is 0 Å². The van der Waals surface area contributed by atoms with Crippen LogP contribution in [-0.4, -0.2) is 40.3 Å². The van der Waals surface area contributed by atoms with Crippen molar-refractivity contribution in [1.82, 2.24) is 5.32 Å². The van der Waals surface area contributed by atoms with Gasteiger partial charge in [0, 0.05) is 10.3 Å². The number of aliphatic hydroxyl groups is 1. The van der Waals surface area contributed by atoms with Gasteiger partial charge in [-0.05, 0) is 67.9 Å². The van der Waals surface area contributed by atoms with Crippen molar-refractivity contribution in [2.75, 3.05) is 6.61 Å². The van der Waals surface area contributed by atoms with Crippen LogP contribution < -0.4 is 10.1 Å². The van der Waals surface area contributed by atoms with Crippen molar-refractivity contribution >= 4 is 23.2 Å². The number of carboxylic acid groups (broad SMARTS) is 1. The van der Waals surface area contributed by atoms with E-state index in [9.17, 15) is 14.7 Å². The van der Waals surface area contributed by atoms with E-state index in [0.29, 0.717) is 4.88 Å². The van der Waals surface area contributed by atoms with Crippen LogP contribution in [0.5, 0.6) is 5.75 Å². The molecule has 0 fully saturated rings. The number of hydrogen-bond donors (Lipinski definition) is 3. The third-order valence-corrected chi connectivity index (χ3v) is 8.63. The summed E-state index contributed by atoms with van der Waals surface area (Å²) in [5.74, 6) is -0.665. The van der Waals surface area contributed by atoms with Crippen molar-refractivity contribution in [3.05, 3.63) is 51.2 Å². The number of benzene rings is 1. The van der Waals surface area contributed by atoms with Gasteiger partial charge in [-0.15, -0.1) is 11.3 Å². The molecule has 35 heavy (non-hydrogen) atoms. The van der Waals surface area contributed by atoms with Gasteiger partial charge in [0.2, 0.25) is 0 Å². The van der Waals surface area contributed by atoms with Crippen LogP contribution in [0.4, 0.5) is 0 Å². The van der Waals surface area contributed by atoms with E-state index in [4.69, 9.17) is 9.84 Å². The van der Waals surface area contributed by atoms with Crippen LogP contribution in [0, 0.1) is 5.41 Å². The number of aliphatic carboxylic acids is 1. The molecule has 0 bridgehead atoms. The van der Waals surface area contributed by atoms with E-state index >= 15 is 0 Å². The molecule has 0 aliphatic rings. The van der Waals surface area contributed by atoms with Crippen molar-refractivity contribution in [2.45, 2.75) is 91.7 Å². The van der Waals surface area contributed by atoms with E-state index in [0.717, 1.165) is 41.0 Å². The summed E-state index contributed by atoms with van der Waals surface area (Å²) in [5.41, 5.74) is 0.662. The Hall–Kier alpha value is -2.38. The fraction of sp³-hybridized carbons (Fsp3) is 0.571. The van der Waals surface area contributed by atoms with Crippen LogP contribution in [0.25, 0.3) is 0 Å². The zero-order valence-corrected chi connectivity index (χ0v) is 23.1. The van der Waals surface area contributed by atoms with Crippen LogP contribution in [0.1, 0.15) is 93.9 Å². The highest BCUT2D eigenvalue weighted by Crippen LogP contribution is 2.43. The van der Waals surface area contributed by atoms with E-state index in [1.54, 1.807) is 13.0 Å². The molecule has 0 spiro atoms. The van der Waals surface area contributed by atoms with Gasteiger partial charge in [-0.3, -0.25) is 9.59 Å². The number of carboxylic acids is 1. The zero-order valence-electron chi connectivity index (χ0n) is 22.3. The largest absolute Gasteiger partial charge is 0.490 e. The van der Waals surface area contributed by atoms with Gasteiger partial charge in [0.1, 0.15) is 24.0 Å². The van der Waals surface area contributed by atoms with Gasteiger partial charge < -0.3 is 20.3 Å². The number of ether oxygens (including phenoxy) is 1. The van der Waals surface area contributed by atoms with Crippen molar-refractivity contribution in [2.24, 2.45) is 5.41 Å². The molecule has 2 rings (SSSR count). The lowest BCUT2D eigenvalue weighted by atomic mass is 9.74. The molecule has 6 nitrogen and oxygen atoms in total. The normalized spacial score (nSPS) is 14.8. The van der Waals surface area contributed by atoms with Gasteiger partial charge in [-0.1, -0.05) is 53.7 Å². The maximum absolute atomic E-state index is 12.6. The molecule has 1 heterocycles. The molecular formula is C28H41NO5S. The molecule has 194 valence electrons. The second kappa shape index (κ2) is 11.1. The van der Waals surface area contributed by atoms with E-state index < -0.39 is 17.6 Å². The first-order valence-electron chi connectivity index (χ1n) is 12.3. The Morgan fingerprint density at radius 2 is 1.69 bits per heavy atom. The number of amides is 1. The standard InChI is InChI=1S/C28H41NO5S/c1-9-19-16-20(12-13-21(19)34-17-27(8,33)26(5,6)7)28(10-2,11-3)23-15-14-22(35-23)24(30)29-18(4)25(31)32/h12-16,18,33H,9-11,17H2,1-8H3,(H,29,30)(H,31,32). The molecule has 1 amide bonds. The Kier molecular flexibility index (Phi) is 9.17. The van der Waals surface area contributed by atoms with Crippen molar-refractivity contribution in [3.8, 4) is 5.75 Å². The molecule has 7 heteroatoms. The summed E-state index contributed by atoms with van der Waals surface area (Å²) in [6, 6.07) is 9.06. The minimum absolute atomic E-state index is 0.202. The zero-order chi connectivity index (χ0) is 26.6. The fourth-order valence-electron chi connectivity index (χ4n) is 3.92. The summed E-state index contributed by atoms with van der Waals surface area (Å²) >= 11 is 1.41. The molecule has 1 aromatic heterocycles. The van der Waals surface area contributed by atoms with Gasteiger partial charge >= 0.3 is 5.97 Å². The van der Waals surface area contributed by atoms with Crippen LogP contribution in [-0.2, 0) is 16.6 Å². The highest BCUT2D eigenvalue weighted by molar-refractivity contribution is 7.14. The molecule has 2 atom stereocenters. The van der Waals surface area contributed by atoms with E-state index in [-0.39, 0.29) is 23.3 Å². The number of carbonyl (C=O) groups excluding carboxylic acids is 1. The first kappa shape index (κ1) is 28.9. The predicted octanol–water partition coefficient (Wildman–Crippen LogP) is 5.80. The molecule has 0 aliphatic heterocycles. The summed E-state index contributed by atoms with van der Waals surface area (Å²) in [4.78, 5) is 25.3. The third kappa shape index (κ3) is 6.25. The number of rotatable bonds is 11. The summed E-state index contributed by atoms with van der Waals surface area (Å²) in [5, 5.41) is 22.5. The van der Waals surface area contributed by atoms with Gasteiger partial charge in [-0.2, -0.15) is 0 Å². The number of carbonyl (C=O) groups is 2. The van der Waals surface area contributed by atoms with Gasteiger partial charge in [-0.25, -0.2) is 0 Å². The molecule has 0 saturated heterocycles. The first-order valence-corrected chi connectivity index (χ1v) is 13.2. The third-order valence-electron chi connectivity index (χ3n) is 7.35. The number of hydrogen-bond acceptors (Lipinski definition) is 5. The second-order valence-electron chi connectivity index (χ2n) is 10.5. The Morgan fingerprint density at radius 3 is 2.20 bits per heavy atom. The minimum atomic E-state index is -1.06. The Labute approximate surface area is 213 Å². The average Bonchev–Trinajstić information content (AvgIpc) is 3.29. The Bertz CT molecular complexity index is 1030. The van der Waals surface area contributed by atoms with Crippen LogP contribution in [0.2, 0.25) is 0 Å². The molecule has 2 aromatic rings. The maximum atomic E-state index is 12.6. The Balaban J connectivity index is 2.38. The van der Waals surface area contributed by atoms with E-state index in [1.165, 1.54) is 18.3 Å². The van der Waals surface area contributed by atoms with Crippen LogP contribution in [0.15, 0.2) is 30.3 Å². The number of aryl methyl sites for hydroxylation is 1. The highest BCUT2D eigenvalue weighted by Gasteiger charge is 2.37. The Morgan fingerprint density at radius 1 is 1.06 bits per heavy atom. The molecule has 0 saturated carbocycles. The topological polar surface area (TPSA) is 95.9 Å². The van der Waals surface area contributed by atoms with Crippen LogP contribution >= 0.6 is 11.3 Å². The molecule has 0 aliphatic carbocycles. The molecule has 3 N–H and O–H groups in total. The predicted molar refractivity (Wildman–Crippen MR) is 142 cm³/mol. The van der Waals surface area contributed by atoms with Crippen LogP contribution in [0.3, 0.4) is 0 Å². The molecule has 2 unspecified atom stereocenters. The van der Waals surface area contributed by atoms with E-state index in [2.05, 4.69) is 38.2 Å². The summed E-state index contributed by atoms with van der Waals surface area (Å²) < 4.78 is 6.10. The van der Waals surface area contributed by atoms with Crippen molar-refractivity contribution < 1.29 is 24.5 Å². The fourth-order valence-corrected chi connectivity index (χ4v) is 5.19. The lowest BCUT2D eigenvalue weighted by Crippen LogP contribution is -2.45. The second-order valence-corrected chi connectivity index (χ2v) is 11.6. The molecular weight excluding hydrogens is 462 g/mol. The first-order chi connectivity index (χ1) is 16.2. The van der Waals surface area contributed by atoms with Gasteiger partial charge in [0.05, 0.1) is 4.88 Å². The average molecular weight is 504 g/mol. The minimum Gasteiger partial charge on any atom is -0.490 e. The number of thiophene rings is 1. The monoisotopic (exact) mass is 503 g/mol. The van der Waals surface area contributed by atoms with Crippen molar-refractivity contribution in [1.29, 1.82) is 0 Å². The van der Waals surface area contributed by atoms with E-state index in [1.807, 2.05) is 32.9 Å². The SMILES string of the molecule is CCc1cc(C(CC)(CC)c2ccc(C(=O)NC(C)C(=O)O)s2)ccc1OCC(C)(O)C(C)(C)C. The maximum Gasteiger partial charge on any atom is 0.325 e. The van der Waals surface area contributed by atoms with Gasteiger partial charge in [0.25, 0.3) is 5.91 Å². The quantitative estimate of drug-likeness (QED) is 0.360. The number of nitrogens with one attached hydrogen (secondary N) is 1. The smallest absolute Gasteiger partial charge is 0.325 e. The summed E-state index contributed by atoms with van der Waals surface area (Å²) in [7, 11) is 0. The lowest BCUT2D eigenvalue weighted by molar-refractivity contribution is -0.138. The molecule has 0 radical (unpaired) electrons.